The Bertz CT molecular complexity index is 675. The van der Waals surface area contributed by atoms with Gasteiger partial charge in [0.2, 0.25) is 0 Å². The normalized spacial score (nSPS) is 16.2. The molecule has 5 nitrogen and oxygen atoms in total. The van der Waals surface area contributed by atoms with Crippen LogP contribution in [-0.4, -0.2) is 41.2 Å². The van der Waals surface area contributed by atoms with E-state index in [0.29, 0.717) is 12.3 Å². The standard InChI is InChI=1S/C16H21N3O2/c1-21-13-11-15-14(17-12-13)5-6-16(20)19(15)10-9-18-7-3-2-4-8-18/h5-6,11-12H,2-4,7-10H2,1H3. The number of aromatic nitrogens is 2. The van der Waals surface area contributed by atoms with Crippen LogP contribution >= 0.6 is 0 Å². The minimum Gasteiger partial charge on any atom is -0.495 e. The van der Waals surface area contributed by atoms with Gasteiger partial charge in [0.25, 0.3) is 5.56 Å². The highest BCUT2D eigenvalue weighted by Gasteiger charge is 2.11. The van der Waals surface area contributed by atoms with E-state index in [1.54, 1.807) is 30.0 Å². The van der Waals surface area contributed by atoms with Crippen molar-refractivity contribution in [2.45, 2.75) is 25.8 Å². The number of hydrogen-bond donors (Lipinski definition) is 0. The molecule has 0 spiro atoms. The first-order valence-corrected chi connectivity index (χ1v) is 7.54. The molecule has 0 saturated carbocycles. The first-order chi connectivity index (χ1) is 10.3. The van der Waals surface area contributed by atoms with Gasteiger partial charge in [0.15, 0.2) is 0 Å². The summed E-state index contributed by atoms with van der Waals surface area (Å²) in [6, 6.07) is 5.26. The topological polar surface area (TPSA) is 47.4 Å². The van der Waals surface area contributed by atoms with E-state index in [-0.39, 0.29) is 5.56 Å². The number of piperidine rings is 1. The summed E-state index contributed by atoms with van der Waals surface area (Å²) in [6.45, 7) is 3.89. The molecule has 0 aliphatic carbocycles. The lowest BCUT2D eigenvalue weighted by Crippen LogP contribution is -2.34. The van der Waals surface area contributed by atoms with Gasteiger partial charge >= 0.3 is 0 Å². The fourth-order valence-corrected chi connectivity index (χ4v) is 2.92. The first-order valence-electron chi connectivity index (χ1n) is 7.54. The van der Waals surface area contributed by atoms with Crippen molar-refractivity contribution in [2.75, 3.05) is 26.7 Å². The first kappa shape index (κ1) is 14.1. The Kier molecular flexibility index (Phi) is 4.20. The van der Waals surface area contributed by atoms with Crippen LogP contribution in [0, 0.1) is 0 Å². The Morgan fingerprint density at radius 2 is 2.00 bits per heavy atom. The zero-order valence-electron chi connectivity index (χ0n) is 12.4. The monoisotopic (exact) mass is 287 g/mol. The minimum absolute atomic E-state index is 0.0227. The van der Waals surface area contributed by atoms with Gasteiger partial charge in [-0.3, -0.25) is 9.78 Å². The number of nitrogens with zero attached hydrogens (tertiary/aromatic N) is 3. The van der Waals surface area contributed by atoms with Gasteiger partial charge in [0.1, 0.15) is 5.75 Å². The molecule has 2 aromatic rings. The van der Waals surface area contributed by atoms with E-state index in [4.69, 9.17) is 4.74 Å². The summed E-state index contributed by atoms with van der Waals surface area (Å²) >= 11 is 0. The third kappa shape index (κ3) is 3.08. The molecule has 5 heteroatoms. The van der Waals surface area contributed by atoms with Crippen molar-refractivity contribution in [1.29, 1.82) is 0 Å². The lowest BCUT2D eigenvalue weighted by atomic mass is 10.1. The number of fused-ring (bicyclic) bond motifs is 1. The fraction of sp³-hybridized carbons (Fsp3) is 0.500. The maximum atomic E-state index is 12.2. The summed E-state index contributed by atoms with van der Waals surface area (Å²) in [7, 11) is 1.61. The van der Waals surface area contributed by atoms with E-state index in [0.717, 1.165) is 30.7 Å². The molecule has 0 aromatic carbocycles. The van der Waals surface area contributed by atoms with Gasteiger partial charge in [-0.25, -0.2) is 0 Å². The maximum Gasteiger partial charge on any atom is 0.251 e. The Balaban J connectivity index is 1.88. The average Bonchev–Trinajstić information content (AvgIpc) is 2.54. The number of hydrogen-bond acceptors (Lipinski definition) is 4. The van der Waals surface area contributed by atoms with Crippen LogP contribution in [0.4, 0.5) is 0 Å². The van der Waals surface area contributed by atoms with Crippen molar-refractivity contribution in [1.82, 2.24) is 14.5 Å². The molecule has 112 valence electrons. The van der Waals surface area contributed by atoms with Crippen molar-refractivity contribution in [3.63, 3.8) is 0 Å². The third-order valence-corrected chi connectivity index (χ3v) is 4.14. The van der Waals surface area contributed by atoms with Gasteiger partial charge in [0.05, 0.1) is 24.3 Å². The van der Waals surface area contributed by atoms with Crippen molar-refractivity contribution in [3.05, 3.63) is 34.7 Å². The summed E-state index contributed by atoms with van der Waals surface area (Å²) in [5.74, 6) is 0.680. The molecule has 3 rings (SSSR count). The molecule has 1 aliphatic heterocycles. The van der Waals surface area contributed by atoms with Gasteiger partial charge in [-0.05, 0) is 32.0 Å². The van der Waals surface area contributed by atoms with Crippen molar-refractivity contribution in [2.24, 2.45) is 0 Å². The van der Waals surface area contributed by atoms with Crippen LogP contribution in [0.3, 0.4) is 0 Å². The second-order valence-corrected chi connectivity index (χ2v) is 5.51. The Hall–Kier alpha value is -1.88. The predicted molar refractivity (Wildman–Crippen MR) is 82.8 cm³/mol. The minimum atomic E-state index is 0.0227. The van der Waals surface area contributed by atoms with Crippen LogP contribution in [0.5, 0.6) is 5.75 Å². The van der Waals surface area contributed by atoms with E-state index < -0.39 is 0 Å². The Morgan fingerprint density at radius 3 is 2.76 bits per heavy atom. The summed E-state index contributed by atoms with van der Waals surface area (Å²) < 4.78 is 7.03. The van der Waals surface area contributed by atoms with E-state index >= 15 is 0 Å². The third-order valence-electron chi connectivity index (χ3n) is 4.14. The highest BCUT2D eigenvalue weighted by atomic mass is 16.5. The highest BCUT2D eigenvalue weighted by molar-refractivity contribution is 5.75. The van der Waals surface area contributed by atoms with Crippen LogP contribution in [-0.2, 0) is 6.54 Å². The molecule has 2 aromatic heterocycles. The quantitative estimate of drug-likeness (QED) is 0.861. The molecule has 1 fully saturated rings. The number of rotatable bonds is 4. The lowest BCUT2D eigenvalue weighted by molar-refractivity contribution is 0.221. The lowest BCUT2D eigenvalue weighted by Gasteiger charge is -2.26. The van der Waals surface area contributed by atoms with E-state index in [1.165, 1.54) is 19.3 Å². The zero-order chi connectivity index (χ0) is 14.7. The second-order valence-electron chi connectivity index (χ2n) is 5.51. The summed E-state index contributed by atoms with van der Waals surface area (Å²) in [4.78, 5) is 19.0. The Morgan fingerprint density at radius 1 is 1.19 bits per heavy atom. The zero-order valence-corrected chi connectivity index (χ0v) is 12.4. The number of ether oxygens (including phenoxy) is 1. The van der Waals surface area contributed by atoms with Crippen LogP contribution in [0.25, 0.3) is 11.0 Å². The molecule has 0 amide bonds. The SMILES string of the molecule is COc1cnc2ccc(=O)n(CCN3CCCCC3)c2c1. The van der Waals surface area contributed by atoms with Crippen LogP contribution in [0.1, 0.15) is 19.3 Å². The summed E-state index contributed by atoms with van der Waals surface area (Å²) in [5, 5.41) is 0. The fourth-order valence-electron chi connectivity index (χ4n) is 2.92. The van der Waals surface area contributed by atoms with Gasteiger partial charge in [-0.2, -0.15) is 0 Å². The molecule has 0 atom stereocenters. The van der Waals surface area contributed by atoms with Crippen LogP contribution < -0.4 is 10.3 Å². The predicted octanol–water partition coefficient (Wildman–Crippen LogP) is 1.89. The van der Waals surface area contributed by atoms with E-state index in [1.807, 2.05) is 6.07 Å². The molecule has 0 unspecified atom stereocenters. The molecular formula is C16H21N3O2. The smallest absolute Gasteiger partial charge is 0.251 e. The van der Waals surface area contributed by atoms with E-state index in [9.17, 15) is 4.79 Å². The van der Waals surface area contributed by atoms with Gasteiger partial charge in [-0.15, -0.1) is 0 Å². The number of pyridine rings is 2. The number of methoxy groups -OCH3 is 1. The molecule has 21 heavy (non-hydrogen) atoms. The van der Waals surface area contributed by atoms with E-state index in [2.05, 4.69) is 9.88 Å². The second kappa shape index (κ2) is 6.26. The van der Waals surface area contributed by atoms with Crippen molar-refractivity contribution in [3.8, 4) is 5.75 Å². The highest BCUT2D eigenvalue weighted by Crippen LogP contribution is 2.17. The van der Waals surface area contributed by atoms with Crippen LogP contribution in [0.2, 0.25) is 0 Å². The molecule has 0 radical (unpaired) electrons. The van der Waals surface area contributed by atoms with Crippen LogP contribution in [0.15, 0.2) is 29.2 Å². The van der Waals surface area contributed by atoms with Gasteiger partial charge < -0.3 is 14.2 Å². The molecule has 1 aliphatic rings. The van der Waals surface area contributed by atoms with Crippen molar-refractivity contribution < 1.29 is 4.74 Å². The van der Waals surface area contributed by atoms with Crippen molar-refractivity contribution >= 4 is 11.0 Å². The molecule has 0 bridgehead atoms. The summed E-state index contributed by atoms with van der Waals surface area (Å²) in [5.41, 5.74) is 1.70. The molecule has 1 saturated heterocycles. The molecule has 3 heterocycles. The molecular weight excluding hydrogens is 266 g/mol. The van der Waals surface area contributed by atoms with Gasteiger partial charge in [0, 0.05) is 25.2 Å². The Labute approximate surface area is 124 Å². The maximum absolute atomic E-state index is 12.2. The largest absolute Gasteiger partial charge is 0.495 e. The number of likely N-dealkylation sites (tertiary alicyclic amines) is 1. The molecule has 0 N–H and O–H groups in total. The van der Waals surface area contributed by atoms with Gasteiger partial charge in [-0.1, -0.05) is 6.42 Å². The summed E-state index contributed by atoms with van der Waals surface area (Å²) in [6.07, 6.45) is 5.53. The average molecular weight is 287 g/mol.